The number of rotatable bonds is 11. The van der Waals surface area contributed by atoms with Crippen LogP contribution < -0.4 is 5.32 Å². The Kier molecular flexibility index (Phi) is 9.93. The number of ether oxygens (including phenoxy) is 1. The molecule has 1 aromatic heterocycles. The molecule has 0 bridgehead atoms. The average Bonchev–Trinajstić information content (AvgIpc) is 3.69. The van der Waals surface area contributed by atoms with Crippen molar-refractivity contribution in [1.82, 2.24) is 20.1 Å². The van der Waals surface area contributed by atoms with E-state index in [4.69, 9.17) is 4.74 Å². The van der Waals surface area contributed by atoms with Crippen LogP contribution in [0.1, 0.15) is 60.9 Å². The monoisotopic (exact) mass is 606 g/mol. The van der Waals surface area contributed by atoms with Crippen molar-refractivity contribution < 1.29 is 24.5 Å². The predicted octanol–water partition coefficient (Wildman–Crippen LogP) is 3.81. The van der Waals surface area contributed by atoms with E-state index < -0.39 is 24.4 Å². The number of aryl methyl sites for hydroxylation is 2. The van der Waals surface area contributed by atoms with E-state index in [9.17, 15) is 19.8 Å². The minimum atomic E-state index is -0.920. The number of benzene rings is 2. The van der Waals surface area contributed by atoms with Gasteiger partial charge in [-0.2, -0.15) is 0 Å². The average molecular weight is 607 g/mol. The lowest BCUT2D eigenvalue weighted by molar-refractivity contribution is -0.149. The fourth-order valence-electron chi connectivity index (χ4n) is 6.28. The first kappa shape index (κ1) is 31.3. The first-order valence-corrected chi connectivity index (χ1v) is 15.9. The molecule has 0 spiro atoms. The Balaban J connectivity index is 1.25. The van der Waals surface area contributed by atoms with Crippen LogP contribution in [0, 0.1) is 12.8 Å². The number of methoxy groups -OCH3 is 1. The summed E-state index contributed by atoms with van der Waals surface area (Å²) >= 11 is 1.60. The third-order valence-corrected chi connectivity index (χ3v) is 9.48. The minimum absolute atomic E-state index is 0.0869. The topological polar surface area (TPSA) is 115 Å². The Morgan fingerprint density at radius 2 is 1.88 bits per heavy atom. The largest absolute Gasteiger partial charge is 0.391 e. The molecule has 10 heteroatoms. The van der Waals surface area contributed by atoms with Gasteiger partial charge in [0.1, 0.15) is 12.3 Å². The number of carbonyl (C=O) groups is 2. The number of likely N-dealkylation sites (tertiary alicyclic amines) is 1. The van der Waals surface area contributed by atoms with E-state index in [0.717, 1.165) is 45.7 Å². The highest BCUT2D eigenvalue weighted by atomic mass is 32.1. The Morgan fingerprint density at radius 3 is 2.56 bits per heavy atom. The van der Waals surface area contributed by atoms with E-state index in [2.05, 4.69) is 16.4 Å². The summed E-state index contributed by atoms with van der Waals surface area (Å²) in [4.78, 5) is 36.2. The number of hydrogen-bond donors (Lipinski definition) is 3. The zero-order valence-corrected chi connectivity index (χ0v) is 26.1. The summed E-state index contributed by atoms with van der Waals surface area (Å²) in [6, 6.07) is 12.6. The first-order valence-electron chi connectivity index (χ1n) is 15.0. The summed E-state index contributed by atoms with van der Waals surface area (Å²) in [5.74, 6) is -0.663. The van der Waals surface area contributed by atoms with Crippen molar-refractivity contribution >= 4 is 23.2 Å². The summed E-state index contributed by atoms with van der Waals surface area (Å²) in [5, 5.41) is 24.8. The fraction of sp³-hybridized carbons (Fsp3) is 0.485. The number of nitrogens with one attached hydrogen (secondary N) is 1. The number of nitrogens with zero attached hydrogens (tertiary/aromatic N) is 3. The van der Waals surface area contributed by atoms with Gasteiger partial charge >= 0.3 is 0 Å². The van der Waals surface area contributed by atoms with Gasteiger partial charge in [0.05, 0.1) is 28.2 Å². The summed E-state index contributed by atoms with van der Waals surface area (Å²) in [7, 11) is 1.69. The van der Waals surface area contributed by atoms with Crippen molar-refractivity contribution in [3.8, 4) is 10.4 Å². The van der Waals surface area contributed by atoms with Gasteiger partial charge in [-0.1, -0.05) is 56.3 Å². The lowest BCUT2D eigenvalue weighted by Crippen LogP contribution is -2.54. The molecule has 230 valence electrons. The molecule has 3 N–H and O–H groups in total. The van der Waals surface area contributed by atoms with Crippen molar-refractivity contribution in [1.29, 1.82) is 0 Å². The highest BCUT2D eigenvalue weighted by Gasteiger charge is 2.46. The van der Waals surface area contributed by atoms with Gasteiger partial charge in [-0.05, 0) is 53.5 Å². The van der Waals surface area contributed by atoms with Gasteiger partial charge in [0.2, 0.25) is 11.8 Å². The van der Waals surface area contributed by atoms with Crippen molar-refractivity contribution in [2.45, 2.75) is 77.5 Å². The lowest BCUT2D eigenvalue weighted by Gasteiger charge is -2.36. The number of thiazole rings is 1. The molecule has 1 unspecified atom stereocenters. The first-order chi connectivity index (χ1) is 20.7. The maximum absolute atomic E-state index is 14.1. The molecule has 1 saturated heterocycles. The summed E-state index contributed by atoms with van der Waals surface area (Å²) in [6.45, 7) is 7.41. The molecule has 43 heavy (non-hydrogen) atoms. The molecular formula is C33H42N4O5S. The van der Waals surface area contributed by atoms with Gasteiger partial charge < -0.3 is 25.2 Å². The molecule has 0 radical (unpaired) electrons. The van der Waals surface area contributed by atoms with E-state index in [1.807, 2.05) is 67.6 Å². The Bertz CT molecular complexity index is 1420. The third-order valence-electron chi connectivity index (χ3n) is 8.50. The molecule has 0 saturated carbocycles. The highest BCUT2D eigenvalue weighted by Crippen LogP contribution is 2.37. The number of aliphatic hydroxyl groups excluding tert-OH is 2. The van der Waals surface area contributed by atoms with Gasteiger partial charge in [-0.3, -0.25) is 14.5 Å². The molecular weight excluding hydrogens is 564 g/mol. The SMILES string of the molecule is COCCCc1ccc2c(c1)CN([C@H](C(=O)N1C[C@H](O)C[C@H]1C(=O)NCc1ccc(-c3scnc3C)cc1)C(C)C)C2O. The van der Waals surface area contributed by atoms with Crippen LogP contribution in [0.5, 0.6) is 0 Å². The number of aliphatic hydroxyl groups is 2. The zero-order chi connectivity index (χ0) is 30.7. The molecule has 4 atom stereocenters. The van der Waals surface area contributed by atoms with Crippen molar-refractivity contribution in [2.24, 2.45) is 5.92 Å². The fourth-order valence-corrected chi connectivity index (χ4v) is 7.09. The van der Waals surface area contributed by atoms with Crippen LogP contribution in [-0.4, -0.2) is 75.3 Å². The van der Waals surface area contributed by atoms with E-state index in [-0.39, 0.29) is 30.7 Å². The van der Waals surface area contributed by atoms with E-state index in [1.54, 1.807) is 18.4 Å². The smallest absolute Gasteiger partial charge is 0.243 e. The molecule has 2 aromatic carbocycles. The van der Waals surface area contributed by atoms with Crippen LogP contribution in [0.25, 0.3) is 10.4 Å². The van der Waals surface area contributed by atoms with Gasteiger partial charge in [0, 0.05) is 39.8 Å². The van der Waals surface area contributed by atoms with E-state index >= 15 is 0 Å². The van der Waals surface area contributed by atoms with Crippen LogP contribution in [0.3, 0.4) is 0 Å². The van der Waals surface area contributed by atoms with Gasteiger partial charge in [0.15, 0.2) is 0 Å². The molecule has 3 aromatic rings. The molecule has 3 heterocycles. The van der Waals surface area contributed by atoms with Crippen LogP contribution in [-0.2, 0) is 33.8 Å². The number of amides is 2. The minimum Gasteiger partial charge on any atom is -0.391 e. The van der Waals surface area contributed by atoms with Crippen LogP contribution in [0.4, 0.5) is 0 Å². The number of fused-ring (bicyclic) bond motifs is 1. The maximum atomic E-state index is 14.1. The van der Waals surface area contributed by atoms with Crippen molar-refractivity contribution in [2.75, 3.05) is 20.3 Å². The normalized spacial score (nSPS) is 20.9. The van der Waals surface area contributed by atoms with Gasteiger partial charge in [-0.25, -0.2) is 4.98 Å². The highest BCUT2D eigenvalue weighted by molar-refractivity contribution is 7.13. The van der Waals surface area contributed by atoms with Gasteiger partial charge in [0.25, 0.3) is 0 Å². The molecule has 0 aliphatic carbocycles. The quantitative estimate of drug-likeness (QED) is 0.285. The lowest BCUT2D eigenvalue weighted by atomic mass is 10.00. The number of hydrogen-bond acceptors (Lipinski definition) is 8. The Labute approximate surface area is 257 Å². The molecule has 2 amide bonds. The second-order valence-electron chi connectivity index (χ2n) is 11.9. The Morgan fingerprint density at radius 1 is 1.14 bits per heavy atom. The maximum Gasteiger partial charge on any atom is 0.243 e. The number of β-amino-alcohol motifs (C(OH)–C–C–N with tert-alkyl or cyclic N) is 1. The van der Waals surface area contributed by atoms with Crippen LogP contribution >= 0.6 is 11.3 Å². The summed E-state index contributed by atoms with van der Waals surface area (Å²) < 4.78 is 5.18. The Hall–Kier alpha value is -3.15. The molecule has 2 aliphatic heterocycles. The second kappa shape index (κ2) is 13.7. The molecule has 5 rings (SSSR count). The predicted molar refractivity (Wildman–Crippen MR) is 166 cm³/mol. The van der Waals surface area contributed by atoms with Crippen molar-refractivity contribution in [3.05, 3.63) is 75.9 Å². The summed E-state index contributed by atoms with van der Waals surface area (Å²) in [5.41, 5.74) is 7.83. The van der Waals surface area contributed by atoms with Crippen molar-refractivity contribution in [3.63, 3.8) is 0 Å². The van der Waals surface area contributed by atoms with Gasteiger partial charge in [-0.15, -0.1) is 11.3 Å². The molecule has 2 aliphatic rings. The second-order valence-corrected chi connectivity index (χ2v) is 12.8. The number of aromatic nitrogens is 1. The van der Waals surface area contributed by atoms with E-state index in [0.29, 0.717) is 19.7 Å². The standard InChI is InChI=1S/C33H42N4O5S/c1-20(2)29(37-17-25-14-22(6-5-13-42-4)9-12-27(25)32(37)40)33(41)36-18-26(38)15-28(36)31(39)34-16-23-7-10-24(11-8-23)30-21(3)35-19-43-30/h7-12,14,19-20,26,28-29,32,38,40H,5-6,13,15-18H2,1-4H3,(H,34,39)/t26-,28+,29+,32?/m1/s1. The number of carbonyl (C=O) groups excluding carboxylic acids is 2. The van der Waals surface area contributed by atoms with Crippen LogP contribution in [0.15, 0.2) is 48.0 Å². The zero-order valence-electron chi connectivity index (χ0n) is 25.3. The molecule has 1 fully saturated rings. The van der Waals surface area contributed by atoms with Crippen LogP contribution in [0.2, 0.25) is 0 Å². The molecule has 9 nitrogen and oxygen atoms in total. The summed E-state index contributed by atoms with van der Waals surface area (Å²) in [6.07, 6.45) is 0.260. The third kappa shape index (κ3) is 6.84. The van der Waals surface area contributed by atoms with E-state index in [1.165, 1.54) is 10.5 Å².